The molecule has 8 heteroatoms. The Bertz CT molecular complexity index is 1340. The van der Waals surface area contributed by atoms with E-state index in [2.05, 4.69) is 67.9 Å². The van der Waals surface area contributed by atoms with E-state index in [1.165, 1.54) is 10.6 Å². The molecule has 0 aliphatic carbocycles. The van der Waals surface area contributed by atoms with Crippen molar-refractivity contribution in [3.63, 3.8) is 0 Å². The van der Waals surface area contributed by atoms with Gasteiger partial charge in [0, 0.05) is 60.6 Å². The molecule has 0 bridgehead atoms. The minimum absolute atomic E-state index is 0. The fraction of sp³-hybridized carbons (Fsp3) is 0.250. The molecule has 1 fully saturated rings. The van der Waals surface area contributed by atoms with Crippen LogP contribution in [0.2, 0.25) is 0 Å². The van der Waals surface area contributed by atoms with E-state index in [0.29, 0.717) is 18.8 Å². The van der Waals surface area contributed by atoms with Crippen LogP contribution < -0.4 is 9.64 Å². The van der Waals surface area contributed by atoms with E-state index in [9.17, 15) is 4.79 Å². The molecule has 0 unspecified atom stereocenters. The number of thioether (sulfide) groups is 1. The number of halogens is 2. The summed E-state index contributed by atoms with van der Waals surface area (Å²) in [4.78, 5) is 19.6. The van der Waals surface area contributed by atoms with Gasteiger partial charge in [-0.15, -0.1) is 24.2 Å². The summed E-state index contributed by atoms with van der Waals surface area (Å²) in [5.41, 5.74) is 4.04. The van der Waals surface area contributed by atoms with Gasteiger partial charge in [0.15, 0.2) is 0 Å². The number of carbonyl (C=O) groups excluding carboxylic acids is 1. The first kappa shape index (κ1) is 26.5. The molecule has 188 valence electrons. The molecular weight excluding hydrogens is 558 g/mol. The summed E-state index contributed by atoms with van der Waals surface area (Å²) in [6.07, 6.45) is 0. The summed E-state index contributed by atoms with van der Waals surface area (Å²) in [7, 11) is 3.71. The molecule has 5 nitrogen and oxygen atoms in total. The molecule has 0 spiro atoms. The van der Waals surface area contributed by atoms with Crippen LogP contribution in [0.3, 0.4) is 0 Å². The van der Waals surface area contributed by atoms with Gasteiger partial charge in [-0.3, -0.25) is 4.79 Å². The maximum Gasteiger partial charge on any atom is 0.256 e. The van der Waals surface area contributed by atoms with Crippen LogP contribution in [0, 0.1) is 0 Å². The first-order valence-electron chi connectivity index (χ1n) is 11.7. The minimum atomic E-state index is 0. The number of nitrogens with zero attached hydrogens (tertiary/aromatic N) is 3. The lowest BCUT2D eigenvalue weighted by molar-refractivity contribution is 0.0747. The second-order valence-electron chi connectivity index (χ2n) is 8.60. The van der Waals surface area contributed by atoms with E-state index < -0.39 is 0 Å². The van der Waals surface area contributed by atoms with Crippen LogP contribution in [0.5, 0.6) is 5.75 Å². The molecule has 0 atom stereocenters. The number of rotatable bonds is 6. The predicted molar refractivity (Wildman–Crippen MR) is 155 cm³/mol. The van der Waals surface area contributed by atoms with Gasteiger partial charge in [0.25, 0.3) is 5.91 Å². The van der Waals surface area contributed by atoms with E-state index in [0.717, 1.165) is 45.5 Å². The minimum Gasteiger partial charge on any atom is -0.496 e. The summed E-state index contributed by atoms with van der Waals surface area (Å²) in [6, 6.07) is 24.8. The molecular formula is C28H29BrClN3O2S. The second-order valence-corrected chi connectivity index (χ2v) is 10.5. The van der Waals surface area contributed by atoms with Crippen molar-refractivity contribution in [2.45, 2.75) is 10.6 Å². The lowest BCUT2D eigenvalue weighted by Gasteiger charge is -2.36. The molecule has 1 aliphatic rings. The largest absolute Gasteiger partial charge is 0.496 e. The quantitative estimate of drug-likeness (QED) is 0.238. The second kappa shape index (κ2) is 11.6. The standard InChI is InChI=1S/C28H28BrN3O2S.ClH/c1-30-24-18-23(29)26(34-2)17-22(24)27(25(30)19-35-21-11-7-4-8-12-21)28(33)32-15-13-31(14-16-32)20-9-5-3-6-10-20;/h3-12,17-18H,13-16,19H2,1-2H3;1H. The first-order chi connectivity index (χ1) is 17.1. The Balaban J connectivity index is 0.00000304. The van der Waals surface area contributed by atoms with Crippen molar-refractivity contribution < 1.29 is 9.53 Å². The number of piperazine rings is 1. The number of methoxy groups -OCH3 is 1. The number of aromatic nitrogens is 1. The Morgan fingerprint density at radius 3 is 2.25 bits per heavy atom. The number of aryl methyl sites for hydroxylation is 1. The SMILES string of the molecule is COc1cc2c(C(=O)N3CCN(c4ccccc4)CC3)c(CSc3ccccc3)n(C)c2cc1Br.Cl. The number of ether oxygens (including phenoxy) is 1. The summed E-state index contributed by atoms with van der Waals surface area (Å²) < 4.78 is 8.62. The zero-order valence-electron chi connectivity index (χ0n) is 20.3. The zero-order chi connectivity index (χ0) is 24.4. The summed E-state index contributed by atoms with van der Waals surface area (Å²) in [5, 5.41) is 0.937. The Kier molecular flexibility index (Phi) is 8.54. The lowest BCUT2D eigenvalue weighted by Crippen LogP contribution is -2.49. The van der Waals surface area contributed by atoms with Crippen LogP contribution in [0.4, 0.5) is 5.69 Å². The highest BCUT2D eigenvalue weighted by Gasteiger charge is 2.29. The molecule has 4 aromatic rings. The number of amides is 1. The highest BCUT2D eigenvalue weighted by atomic mass is 79.9. The number of anilines is 1. The monoisotopic (exact) mass is 585 g/mol. The molecule has 3 aromatic carbocycles. The Labute approximate surface area is 230 Å². The molecule has 2 heterocycles. The van der Waals surface area contributed by atoms with Crippen molar-refractivity contribution in [2.75, 3.05) is 38.2 Å². The van der Waals surface area contributed by atoms with Gasteiger partial charge >= 0.3 is 0 Å². The van der Waals surface area contributed by atoms with Gasteiger partial charge in [0.1, 0.15) is 5.75 Å². The van der Waals surface area contributed by atoms with Gasteiger partial charge in [0.05, 0.1) is 22.7 Å². The van der Waals surface area contributed by atoms with Gasteiger partial charge in [-0.05, 0) is 52.3 Å². The Hall–Kier alpha value is -2.61. The number of carbonyl (C=O) groups is 1. The normalized spacial score (nSPS) is 13.5. The molecule has 0 saturated carbocycles. The van der Waals surface area contributed by atoms with Gasteiger partial charge in [-0.25, -0.2) is 0 Å². The third kappa shape index (κ3) is 5.24. The molecule has 1 aliphatic heterocycles. The topological polar surface area (TPSA) is 37.7 Å². The number of para-hydroxylation sites is 1. The van der Waals surface area contributed by atoms with Gasteiger partial charge in [0.2, 0.25) is 0 Å². The van der Waals surface area contributed by atoms with E-state index >= 15 is 0 Å². The maximum atomic E-state index is 14.0. The van der Waals surface area contributed by atoms with Crippen LogP contribution in [-0.2, 0) is 12.8 Å². The summed E-state index contributed by atoms with van der Waals surface area (Å²) in [5.74, 6) is 1.53. The smallest absolute Gasteiger partial charge is 0.256 e. The van der Waals surface area contributed by atoms with E-state index in [1.54, 1.807) is 18.9 Å². The molecule has 5 rings (SSSR count). The van der Waals surface area contributed by atoms with E-state index in [1.807, 2.05) is 42.3 Å². The fourth-order valence-corrected chi connectivity index (χ4v) is 6.17. The highest BCUT2D eigenvalue weighted by molar-refractivity contribution is 9.10. The third-order valence-electron chi connectivity index (χ3n) is 6.62. The number of hydrogen-bond acceptors (Lipinski definition) is 4. The highest BCUT2D eigenvalue weighted by Crippen LogP contribution is 2.37. The summed E-state index contributed by atoms with van der Waals surface area (Å²) in [6.45, 7) is 3.04. The number of hydrogen-bond donors (Lipinski definition) is 0. The zero-order valence-corrected chi connectivity index (χ0v) is 23.5. The molecule has 1 amide bonds. The molecule has 1 aromatic heterocycles. The average Bonchev–Trinajstić information content (AvgIpc) is 3.18. The van der Waals surface area contributed by atoms with E-state index in [4.69, 9.17) is 4.74 Å². The van der Waals surface area contributed by atoms with Crippen molar-refractivity contribution in [3.05, 3.63) is 88.5 Å². The predicted octanol–water partition coefficient (Wildman–Crippen LogP) is 6.63. The van der Waals surface area contributed by atoms with Crippen molar-refractivity contribution in [1.82, 2.24) is 9.47 Å². The number of fused-ring (bicyclic) bond motifs is 1. The first-order valence-corrected chi connectivity index (χ1v) is 13.5. The van der Waals surface area contributed by atoms with Crippen molar-refractivity contribution in [2.24, 2.45) is 7.05 Å². The molecule has 0 N–H and O–H groups in total. The molecule has 36 heavy (non-hydrogen) atoms. The van der Waals surface area contributed by atoms with Crippen LogP contribution in [0.25, 0.3) is 10.9 Å². The van der Waals surface area contributed by atoms with Crippen LogP contribution >= 0.6 is 40.1 Å². The lowest BCUT2D eigenvalue weighted by atomic mass is 10.1. The van der Waals surface area contributed by atoms with Crippen molar-refractivity contribution in [3.8, 4) is 5.75 Å². The Morgan fingerprint density at radius 1 is 0.972 bits per heavy atom. The summed E-state index contributed by atoms with van der Waals surface area (Å²) >= 11 is 5.37. The number of benzene rings is 3. The average molecular weight is 587 g/mol. The third-order valence-corrected chi connectivity index (χ3v) is 8.26. The maximum absolute atomic E-state index is 14.0. The van der Waals surface area contributed by atoms with E-state index in [-0.39, 0.29) is 18.3 Å². The van der Waals surface area contributed by atoms with Gasteiger partial charge in [-0.2, -0.15) is 0 Å². The van der Waals surface area contributed by atoms with Crippen LogP contribution in [0.1, 0.15) is 16.1 Å². The molecule has 1 saturated heterocycles. The van der Waals surface area contributed by atoms with Crippen LogP contribution in [0.15, 0.2) is 82.2 Å². The van der Waals surface area contributed by atoms with Gasteiger partial charge in [-0.1, -0.05) is 36.4 Å². The van der Waals surface area contributed by atoms with Gasteiger partial charge < -0.3 is 19.1 Å². The molecule has 0 radical (unpaired) electrons. The fourth-order valence-electron chi connectivity index (χ4n) is 4.69. The van der Waals surface area contributed by atoms with Crippen molar-refractivity contribution >= 4 is 62.6 Å². The Morgan fingerprint density at radius 2 is 1.61 bits per heavy atom. The van der Waals surface area contributed by atoms with Crippen molar-refractivity contribution in [1.29, 1.82) is 0 Å². The van der Waals surface area contributed by atoms with Crippen LogP contribution in [-0.4, -0.2) is 48.7 Å².